The first-order valence-corrected chi connectivity index (χ1v) is 5.97. The zero-order valence-corrected chi connectivity index (χ0v) is 11.1. The SMILES string of the molecule is CC(=O)OCC1OC(O)C(OC(C)=O)[C@@H](C)[C@@H]1C. The largest absolute Gasteiger partial charge is 0.463 e. The quantitative estimate of drug-likeness (QED) is 0.743. The van der Waals surface area contributed by atoms with Crippen LogP contribution in [0, 0.1) is 11.8 Å². The maximum Gasteiger partial charge on any atom is 0.303 e. The van der Waals surface area contributed by atoms with Gasteiger partial charge in [0.1, 0.15) is 6.61 Å². The molecule has 1 aliphatic heterocycles. The molecular weight excluding hydrogens is 240 g/mol. The molecule has 0 bridgehead atoms. The van der Waals surface area contributed by atoms with E-state index >= 15 is 0 Å². The van der Waals surface area contributed by atoms with Crippen molar-refractivity contribution in [2.24, 2.45) is 11.8 Å². The lowest BCUT2D eigenvalue weighted by atomic mass is 9.83. The summed E-state index contributed by atoms with van der Waals surface area (Å²) in [7, 11) is 0. The Kier molecular flexibility index (Phi) is 5.10. The summed E-state index contributed by atoms with van der Waals surface area (Å²) in [6, 6.07) is 0. The molecule has 0 aliphatic carbocycles. The number of hydrogen-bond donors (Lipinski definition) is 1. The van der Waals surface area contributed by atoms with E-state index in [2.05, 4.69) is 0 Å². The number of aliphatic hydroxyl groups is 1. The lowest BCUT2D eigenvalue weighted by Gasteiger charge is -2.41. The van der Waals surface area contributed by atoms with Crippen LogP contribution in [0.2, 0.25) is 0 Å². The molecule has 5 atom stereocenters. The van der Waals surface area contributed by atoms with Crippen molar-refractivity contribution in [3.63, 3.8) is 0 Å². The summed E-state index contributed by atoms with van der Waals surface area (Å²) >= 11 is 0. The van der Waals surface area contributed by atoms with Crippen LogP contribution in [0.5, 0.6) is 0 Å². The van der Waals surface area contributed by atoms with E-state index in [4.69, 9.17) is 14.2 Å². The zero-order chi connectivity index (χ0) is 13.9. The summed E-state index contributed by atoms with van der Waals surface area (Å²) in [6.45, 7) is 6.46. The van der Waals surface area contributed by atoms with Crippen LogP contribution in [0.3, 0.4) is 0 Å². The van der Waals surface area contributed by atoms with Crippen molar-refractivity contribution in [1.29, 1.82) is 0 Å². The van der Waals surface area contributed by atoms with Gasteiger partial charge >= 0.3 is 11.9 Å². The summed E-state index contributed by atoms with van der Waals surface area (Å²) in [5.74, 6) is -0.939. The molecule has 6 nitrogen and oxygen atoms in total. The predicted octanol–water partition coefficient (Wildman–Crippen LogP) is 0.471. The van der Waals surface area contributed by atoms with E-state index in [-0.39, 0.29) is 18.4 Å². The van der Waals surface area contributed by atoms with Gasteiger partial charge < -0.3 is 19.3 Å². The van der Waals surface area contributed by atoms with Crippen LogP contribution < -0.4 is 0 Å². The smallest absolute Gasteiger partial charge is 0.303 e. The average Bonchev–Trinajstić information content (AvgIpc) is 2.27. The van der Waals surface area contributed by atoms with E-state index in [1.54, 1.807) is 0 Å². The molecule has 3 unspecified atom stereocenters. The fourth-order valence-electron chi connectivity index (χ4n) is 2.03. The number of hydrogen-bond acceptors (Lipinski definition) is 6. The van der Waals surface area contributed by atoms with Crippen molar-refractivity contribution >= 4 is 11.9 Å². The summed E-state index contributed by atoms with van der Waals surface area (Å²) < 4.78 is 15.3. The van der Waals surface area contributed by atoms with Gasteiger partial charge in [0, 0.05) is 19.8 Å². The lowest BCUT2D eigenvalue weighted by molar-refractivity contribution is -0.263. The topological polar surface area (TPSA) is 82.1 Å². The van der Waals surface area contributed by atoms with Crippen molar-refractivity contribution < 1.29 is 28.9 Å². The van der Waals surface area contributed by atoms with Gasteiger partial charge in [-0.1, -0.05) is 13.8 Å². The summed E-state index contributed by atoms with van der Waals surface area (Å²) in [5.41, 5.74) is 0. The lowest BCUT2D eigenvalue weighted by Crippen LogP contribution is -2.52. The molecule has 0 aromatic rings. The maximum absolute atomic E-state index is 10.9. The highest BCUT2D eigenvalue weighted by atomic mass is 16.7. The van der Waals surface area contributed by atoms with Crippen LogP contribution in [0.1, 0.15) is 27.7 Å². The molecule has 1 saturated heterocycles. The van der Waals surface area contributed by atoms with Crippen molar-refractivity contribution in [1.82, 2.24) is 0 Å². The van der Waals surface area contributed by atoms with E-state index in [1.165, 1.54) is 13.8 Å². The van der Waals surface area contributed by atoms with Gasteiger partial charge in [0.25, 0.3) is 0 Å². The molecule has 0 aromatic heterocycles. The van der Waals surface area contributed by atoms with Gasteiger partial charge in [0.15, 0.2) is 12.4 Å². The van der Waals surface area contributed by atoms with Crippen molar-refractivity contribution in [2.45, 2.75) is 46.2 Å². The molecule has 0 saturated carbocycles. The minimum Gasteiger partial charge on any atom is -0.463 e. The van der Waals surface area contributed by atoms with Crippen LogP contribution in [0.15, 0.2) is 0 Å². The first-order valence-electron chi connectivity index (χ1n) is 5.97. The number of carbonyl (C=O) groups is 2. The molecule has 1 heterocycles. The molecule has 1 rings (SSSR count). The van der Waals surface area contributed by atoms with Gasteiger partial charge in [-0.2, -0.15) is 0 Å². The fraction of sp³-hybridized carbons (Fsp3) is 0.833. The Morgan fingerprint density at radius 1 is 1.17 bits per heavy atom. The van der Waals surface area contributed by atoms with E-state index in [0.29, 0.717) is 0 Å². The van der Waals surface area contributed by atoms with Gasteiger partial charge in [0.05, 0.1) is 6.10 Å². The highest BCUT2D eigenvalue weighted by Gasteiger charge is 2.42. The van der Waals surface area contributed by atoms with Crippen molar-refractivity contribution in [3.05, 3.63) is 0 Å². The summed E-state index contributed by atoms with van der Waals surface area (Å²) in [5, 5.41) is 9.80. The monoisotopic (exact) mass is 260 g/mol. The predicted molar refractivity (Wildman–Crippen MR) is 61.4 cm³/mol. The molecule has 0 radical (unpaired) electrons. The van der Waals surface area contributed by atoms with Crippen molar-refractivity contribution in [2.75, 3.05) is 6.61 Å². The number of aliphatic hydroxyl groups excluding tert-OH is 1. The number of esters is 2. The normalized spacial score (nSPS) is 35.9. The Balaban J connectivity index is 2.64. The van der Waals surface area contributed by atoms with E-state index in [9.17, 15) is 14.7 Å². The molecule has 18 heavy (non-hydrogen) atoms. The minimum absolute atomic E-state index is 0.00269. The van der Waals surface area contributed by atoms with Gasteiger partial charge in [-0.05, 0) is 5.92 Å². The Hall–Kier alpha value is -1.14. The fourth-order valence-corrected chi connectivity index (χ4v) is 2.03. The third kappa shape index (κ3) is 3.68. The molecule has 0 spiro atoms. The van der Waals surface area contributed by atoms with Crippen LogP contribution in [-0.4, -0.2) is 42.1 Å². The molecule has 6 heteroatoms. The first-order chi connectivity index (χ1) is 8.32. The number of carbonyl (C=O) groups excluding carboxylic acids is 2. The third-order valence-electron chi connectivity index (χ3n) is 3.28. The molecule has 104 valence electrons. The Morgan fingerprint density at radius 2 is 1.78 bits per heavy atom. The molecule has 0 aromatic carbocycles. The van der Waals surface area contributed by atoms with Gasteiger partial charge in [-0.15, -0.1) is 0 Å². The van der Waals surface area contributed by atoms with Crippen LogP contribution >= 0.6 is 0 Å². The zero-order valence-electron chi connectivity index (χ0n) is 11.1. The third-order valence-corrected chi connectivity index (χ3v) is 3.28. The summed E-state index contributed by atoms with van der Waals surface area (Å²) in [6.07, 6.45) is -2.28. The highest BCUT2D eigenvalue weighted by Crippen LogP contribution is 2.32. The van der Waals surface area contributed by atoms with E-state index in [0.717, 1.165) is 0 Å². The van der Waals surface area contributed by atoms with Crippen LogP contribution in [0.25, 0.3) is 0 Å². The molecule has 1 N–H and O–H groups in total. The second-order valence-corrected chi connectivity index (χ2v) is 4.66. The Morgan fingerprint density at radius 3 is 2.28 bits per heavy atom. The second-order valence-electron chi connectivity index (χ2n) is 4.66. The van der Waals surface area contributed by atoms with Gasteiger partial charge in [-0.3, -0.25) is 9.59 Å². The number of rotatable bonds is 3. The standard InChI is InChI=1S/C12H20O6/c1-6-7(2)11(17-9(4)14)12(15)18-10(6)5-16-8(3)13/h6-7,10-12,15H,5H2,1-4H3/t6-,7-,10?,11?,12?/m0/s1. The molecule has 1 aliphatic rings. The van der Waals surface area contributed by atoms with Crippen molar-refractivity contribution in [3.8, 4) is 0 Å². The first kappa shape index (κ1) is 14.9. The second kappa shape index (κ2) is 6.15. The summed E-state index contributed by atoms with van der Waals surface area (Å²) in [4.78, 5) is 21.7. The Bertz CT molecular complexity index is 314. The molecular formula is C12H20O6. The maximum atomic E-state index is 10.9. The minimum atomic E-state index is -1.19. The average molecular weight is 260 g/mol. The van der Waals surface area contributed by atoms with E-state index in [1.807, 2.05) is 13.8 Å². The molecule has 1 fully saturated rings. The van der Waals surface area contributed by atoms with Gasteiger partial charge in [-0.25, -0.2) is 0 Å². The van der Waals surface area contributed by atoms with E-state index < -0.39 is 30.4 Å². The van der Waals surface area contributed by atoms with Crippen LogP contribution in [-0.2, 0) is 23.8 Å². The van der Waals surface area contributed by atoms with Gasteiger partial charge in [0.2, 0.25) is 0 Å². The number of ether oxygens (including phenoxy) is 3. The highest BCUT2D eigenvalue weighted by molar-refractivity contribution is 5.66. The van der Waals surface area contributed by atoms with Crippen LogP contribution in [0.4, 0.5) is 0 Å². The molecule has 0 amide bonds. The Labute approximate surface area is 106 Å².